The number of carbonyl (C=O) groups is 1. The van der Waals surface area contributed by atoms with Crippen molar-refractivity contribution in [2.45, 2.75) is 32.7 Å². The first-order chi connectivity index (χ1) is 10.1. The Hall–Kier alpha value is -2.17. The Morgan fingerprint density at radius 2 is 2.05 bits per heavy atom. The van der Waals surface area contributed by atoms with E-state index in [1.54, 1.807) is 0 Å². The Morgan fingerprint density at radius 1 is 1.29 bits per heavy atom. The van der Waals surface area contributed by atoms with Crippen LogP contribution in [-0.2, 0) is 0 Å². The summed E-state index contributed by atoms with van der Waals surface area (Å²) in [4.78, 5) is 18.7. The van der Waals surface area contributed by atoms with Crippen molar-refractivity contribution in [3.05, 3.63) is 36.2 Å². The predicted molar refractivity (Wildman–Crippen MR) is 80.7 cm³/mol. The van der Waals surface area contributed by atoms with Crippen LogP contribution in [0.3, 0.4) is 0 Å². The van der Waals surface area contributed by atoms with E-state index >= 15 is 0 Å². The predicted octanol–water partition coefficient (Wildman–Crippen LogP) is 2.73. The molecule has 0 radical (unpaired) electrons. The van der Waals surface area contributed by atoms with Crippen molar-refractivity contribution in [3.8, 4) is 11.4 Å². The molecule has 21 heavy (non-hydrogen) atoms. The molecule has 0 unspecified atom stereocenters. The summed E-state index contributed by atoms with van der Waals surface area (Å²) in [5.41, 5.74) is 1.67. The molecule has 110 valence electrons. The van der Waals surface area contributed by atoms with Crippen molar-refractivity contribution in [3.63, 3.8) is 0 Å². The zero-order valence-electron chi connectivity index (χ0n) is 12.4. The molecule has 5 nitrogen and oxygen atoms in total. The van der Waals surface area contributed by atoms with Crippen molar-refractivity contribution in [2.75, 3.05) is 6.54 Å². The Kier molecular flexibility index (Phi) is 3.73. The van der Waals surface area contributed by atoms with E-state index in [0.29, 0.717) is 17.8 Å². The van der Waals surface area contributed by atoms with E-state index in [2.05, 4.69) is 29.0 Å². The van der Waals surface area contributed by atoms with Crippen LogP contribution in [0.1, 0.15) is 37.0 Å². The number of hydrogen-bond acceptors (Lipinski definition) is 3. The number of likely N-dealkylation sites (tertiary alicyclic amines) is 1. The smallest absolute Gasteiger partial charge is 0.254 e. The van der Waals surface area contributed by atoms with Crippen LogP contribution in [0.15, 0.2) is 30.6 Å². The van der Waals surface area contributed by atoms with Gasteiger partial charge in [0.15, 0.2) is 5.82 Å². The van der Waals surface area contributed by atoms with Gasteiger partial charge in [0, 0.05) is 23.7 Å². The maximum Gasteiger partial charge on any atom is 0.254 e. The lowest BCUT2D eigenvalue weighted by molar-refractivity contribution is 0.0588. The fourth-order valence-electron chi connectivity index (χ4n) is 2.99. The maximum atomic E-state index is 12.6. The zero-order chi connectivity index (χ0) is 14.8. The van der Waals surface area contributed by atoms with E-state index in [0.717, 1.165) is 30.5 Å². The molecule has 1 saturated heterocycles. The van der Waals surface area contributed by atoms with Crippen LogP contribution in [0.5, 0.6) is 0 Å². The number of aromatic nitrogens is 3. The summed E-state index contributed by atoms with van der Waals surface area (Å²) in [6.07, 6.45) is 3.65. The molecule has 0 aliphatic carbocycles. The fourth-order valence-corrected chi connectivity index (χ4v) is 2.99. The van der Waals surface area contributed by atoms with Gasteiger partial charge in [-0.15, -0.1) is 0 Å². The summed E-state index contributed by atoms with van der Waals surface area (Å²) in [6, 6.07) is 7.86. The number of rotatable bonds is 2. The molecule has 0 saturated carbocycles. The molecule has 2 heterocycles. The van der Waals surface area contributed by atoms with Crippen molar-refractivity contribution in [1.82, 2.24) is 20.1 Å². The molecule has 1 aliphatic heterocycles. The molecule has 1 N–H and O–H groups in total. The number of carbonyl (C=O) groups excluding carboxylic acids is 1. The normalized spacial score (nSPS) is 22.3. The SMILES string of the molecule is C[C@@H]1CCN(C(=O)c2ccc(-c3ncn[nH]3)cc2)[C@@H](C)C1. The summed E-state index contributed by atoms with van der Waals surface area (Å²) in [6.45, 7) is 5.24. The number of aromatic amines is 1. The molecule has 1 amide bonds. The summed E-state index contributed by atoms with van der Waals surface area (Å²) in [5.74, 6) is 1.55. The van der Waals surface area contributed by atoms with Gasteiger partial charge in [0.25, 0.3) is 5.91 Å². The quantitative estimate of drug-likeness (QED) is 0.922. The molecule has 2 atom stereocenters. The second kappa shape index (κ2) is 5.68. The minimum atomic E-state index is 0.124. The summed E-state index contributed by atoms with van der Waals surface area (Å²) >= 11 is 0. The first kappa shape index (κ1) is 13.8. The topological polar surface area (TPSA) is 61.9 Å². The van der Waals surface area contributed by atoms with Crippen LogP contribution in [0.4, 0.5) is 0 Å². The number of hydrogen-bond donors (Lipinski definition) is 1. The molecule has 3 rings (SSSR count). The maximum absolute atomic E-state index is 12.6. The number of nitrogens with one attached hydrogen (secondary N) is 1. The van der Waals surface area contributed by atoms with Crippen LogP contribution in [-0.4, -0.2) is 38.6 Å². The van der Waals surface area contributed by atoms with E-state index < -0.39 is 0 Å². The first-order valence-electron chi connectivity index (χ1n) is 7.42. The van der Waals surface area contributed by atoms with Gasteiger partial charge in [-0.05, 0) is 37.8 Å². The molecule has 1 aromatic carbocycles. The van der Waals surface area contributed by atoms with Crippen molar-refractivity contribution in [2.24, 2.45) is 5.92 Å². The molecule has 1 fully saturated rings. The van der Waals surface area contributed by atoms with Gasteiger partial charge in [-0.2, -0.15) is 5.10 Å². The first-order valence-corrected chi connectivity index (χ1v) is 7.42. The van der Waals surface area contributed by atoms with Crippen LogP contribution in [0.2, 0.25) is 0 Å². The average Bonchev–Trinajstić information content (AvgIpc) is 3.01. The number of benzene rings is 1. The Bertz CT molecular complexity index is 606. The summed E-state index contributed by atoms with van der Waals surface area (Å²) in [5, 5.41) is 6.66. The second-order valence-corrected chi connectivity index (χ2v) is 5.89. The van der Waals surface area contributed by atoms with E-state index in [9.17, 15) is 4.79 Å². The minimum absolute atomic E-state index is 0.124. The molecule has 0 bridgehead atoms. The Balaban J connectivity index is 1.76. The number of nitrogens with zero attached hydrogens (tertiary/aromatic N) is 3. The molecular formula is C16H20N4O. The number of H-pyrrole nitrogens is 1. The van der Waals surface area contributed by atoms with E-state index in [1.165, 1.54) is 6.33 Å². The minimum Gasteiger partial charge on any atom is -0.336 e. The van der Waals surface area contributed by atoms with Crippen molar-refractivity contribution < 1.29 is 4.79 Å². The monoisotopic (exact) mass is 284 g/mol. The second-order valence-electron chi connectivity index (χ2n) is 5.89. The summed E-state index contributed by atoms with van der Waals surface area (Å²) < 4.78 is 0. The van der Waals surface area contributed by atoms with Crippen LogP contribution in [0, 0.1) is 5.92 Å². The third kappa shape index (κ3) is 2.82. The van der Waals surface area contributed by atoms with Gasteiger partial charge in [0.05, 0.1) is 0 Å². The van der Waals surface area contributed by atoms with E-state index in [-0.39, 0.29) is 5.91 Å². The highest BCUT2D eigenvalue weighted by Gasteiger charge is 2.27. The van der Waals surface area contributed by atoms with Crippen molar-refractivity contribution in [1.29, 1.82) is 0 Å². The molecule has 1 aliphatic rings. The molecule has 2 aromatic rings. The van der Waals surface area contributed by atoms with Crippen LogP contribution in [0.25, 0.3) is 11.4 Å². The van der Waals surface area contributed by atoms with Gasteiger partial charge in [-0.25, -0.2) is 4.98 Å². The van der Waals surface area contributed by atoms with Gasteiger partial charge in [0.1, 0.15) is 6.33 Å². The van der Waals surface area contributed by atoms with Gasteiger partial charge in [0.2, 0.25) is 0 Å². The molecular weight excluding hydrogens is 264 g/mol. The van der Waals surface area contributed by atoms with Crippen LogP contribution >= 0.6 is 0 Å². The third-order valence-corrected chi connectivity index (χ3v) is 4.22. The Labute approximate surface area is 124 Å². The highest BCUT2D eigenvalue weighted by Crippen LogP contribution is 2.24. The highest BCUT2D eigenvalue weighted by atomic mass is 16.2. The fraction of sp³-hybridized carbons (Fsp3) is 0.438. The highest BCUT2D eigenvalue weighted by molar-refractivity contribution is 5.94. The van der Waals surface area contributed by atoms with E-state index in [1.807, 2.05) is 29.2 Å². The largest absolute Gasteiger partial charge is 0.336 e. The third-order valence-electron chi connectivity index (χ3n) is 4.22. The average molecular weight is 284 g/mol. The molecule has 0 spiro atoms. The Morgan fingerprint density at radius 3 is 2.67 bits per heavy atom. The van der Waals surface area contributed by atoms with Crippen molar-refractivity contribution >= 4 is 5.91 Å². The lowest BCUT2D eigenvalue weighted by atomic mass is 9.93. The van der Waals surface area contributed by atoms with Gasteiger partial charge in [-0.3, -0.25) is 9.89 Å². The number of amides is 1. The van der Waals surface area contributed by atoms with Gasteiger partial charge >= 0.3 is 0 Å². The lowest BCUT2D eigenvalue weighted by Crippen LogP contribution is -2.44. The molecule has 5 heteroatoms. The standard InChI is InChI=1S/C16H20N4O/c1-11-7-8-20(12(2)9-11)16(21)14-5-3-13(4-6-14)15-17-10-18-19-15/h3-6,10-12H,7-9H2,1-2H3,(H,17,18,19)/t11-,12+/m1/s1. The van der Waals surface area contributed by atoms with Gasteiger partial charge in [-0.1, -0.05) is 19.1 Å². The van der Waals surface area contributed by atoms with Crippen LogP contribution < -0.4 is 0 Å². The summed E-state index contributed by atoms with van der Waals surface area (Å²) in [7, 11) is 0. The van der Waals surface area contributed by atoms with Gasteiger partial charge < -0.3 is 4.90 Å². The molecule has 1 aromatic heterocycles. The zero-order valence-corrected chi connectivity index (χ0v) is 12.4. The number of piperidine rings is 1. The van der Waals surface area contributed by atoms with E-state index in [4.69, 9.17) is 0 Å². The lowest BCUT2D eigenvalue weighted by Gasteiger charge is -2.36.